The summed E-state index contributed by atoms with van der Waals surface area (Å²) in [6.07, 6.45) is 4.61. The van der Waals surface area contributed by atoms with Crippen molar-refractivity contribution in [2.45, 2.75) is 43.1 Å². The molecule has 104 valence electrons. The molecular formula is C13H16O5S. The molecule has 0 aromatic heterocycles. The molecule has 0 bridgehead atoms. The summed E-state index contributed by atoms with van der Waals surface area (Å²) in [6, 6.07) is 5.51. The summed E-state index contributed by atoms with van der Waals surface area (Å²) < 4.78 is 36.8. The third-order valence-corrected chi connectivity index (χ3v) is 4.12. The molecule has 0 heterocycles. The van der Waals surface area contributed by atoms with Crippen LogP contribution in [0, 0.1) is 0 Å². The topological polar surface area (TPSA) is 80.7 Å². The van der Waals surface area contributed by atoms with E-state index in [2.05, 4.69) is 0 Å². The lowest BCUT2D eigenvalue weighted by Gasteiger charge is -2.22. The molecule has 1 fully saturated rings. The zero-order valence-corrected chi connectivity index (χ0v) is 11.2. The molecule has 1 aliphatic rings. The number of benzene rings is 1. The lowest BCUT2D eigenvalue weighted by molar-refractivity contribution is 0.0206. The predicted octanol–water partition coefficient (Wildman–Crippen LogP) is 2.42. The highest BCUT2D eigenvalue weighted by molar-refractivity contribution is 7.86. The van der Waals surface area contributed by atoms with Gasteiger partial charge in [-0.25, -0.2) is 4.79 Å². The molecule has 1 N–H and O–H groups in total. The van der Waals surface area contributed by atoms with Gasteiger partial charge in [-0.1, -0.05) is 18.6 Å². The number of hydrogen-bond acceptors (Lipinski definition) is 4. The molecule has 0 radical (unpaired) electrons. The van der Waals surface area contributed by atoms with Crippen LogP contribution in [0.25, 0.3) is 0 Å². The summed E-state index contributed by atoms with van der Waals surface area (Å²) >= 11 is 0. The highest BCUT2D eigenvalue weighted by Gasteiger charge is 2.24. The molecule has 0 amide bonds. The Hall–Kier alpha value is -1.40. The molecule has 1 aromatic rings. The Morgan fingerprint density at radius 1 is 1.16 bits per heavy atom. The fourth-order valence-corrected chi connectivity index (χ4v) is 2.94. The lowest BCUT2D eigenvalue weighted by atomic mass is 9.98. The molecule has 1 saturated carbocycles. The first-order valence-corrected chi connectivity index (χ1v) is 7.70. The standard InChI is InChI=1S/C13H16O5S/c14-13(18-10-6-2-1-3-7-10)11-8-4-5-9-12(11)19(15,16)17/h4-5,8-10H,1-3,6-7H2,(H,15,16,17). The van der Waals surface area contributed by atoms with Crippen molar-refractivity contribution in [3.63, 3.8) is 0 Å². The molecule has 1 aliphatic carbocycles. The van der Waals surface area contributed by atoms with E-state index in [0.29, 0.717) is 0 Å². The Morgan fingerprint density at radius 2 is 1.79 bits per heavy atom. The first kappa shape index (κ1) is 14.0. The van der Waals surface area contributed by atoms with Gasteiger partial charge in [0.1, 0.15) is 11.0 Å². The Morgan fingerprint density at radius 3 is 2.42 bits per heavy atom. The van der Waals surface area contributed by atoms with Gasteiger partial charge in [0.15, 0.2) is 0 Å². The Kier molecular flexibility index (Phi) is 4.21. The Balaban J connectivity index is 2.19. The van der Waals surface area contributed by atoms with Gasteiger partial charge in [-0.05, 0) is 37.8 Å². The summed E-state index contributed by atoms with van der Waals surface area (Å²) in [4.78, 5) is 11.6. The van der Waals surface area contributed by atoms with Crippen molar-refractivity contribution in [2.24, 2.45) is 0 Å². The molecule has 0 spiro atoms. The number of esters is 1. The average molecular weight is 284 g/mol. The third-order valence-electron chi connectivity index (χ3n) is 3.21. The van der Waals surface area contributed by atoms with Gasteiger partial charge in [0, 0.05) is 0 Å². The van der Waals surface area contributed by atoms with E-state index in [1.54, 1.807) is 0 Å². The summed E-state index contributed by atoms with van der Waals surface area (Å²) in [6.45, 7) is 0. The summed E-state index contributed by atoms with van der Waals surface area (Å²) in [5.74, 6) is -0.694. The Bertz CT molecular complexity index is 558. The second kappa shape index (κ2) is 5.71. The number of hydrogen-bond donors (Lipinski definition) is 1. The van der Waals surface area contributed by atoms with Gasteiger partial charge in [0.25, 0.3) is 10.1 Å². The number of rotatable bonds is 3. The Labute approximate surface area is 112 Å². The summed E-state index contributed by atoms with van der Waals surface area (Å²) in [5, 5.41) is 0. The minimum Gasteiger partial charge on any atom is -0.459 e. The first-order valence-electron chi connectivity index (χ1n) is 6.26. The van der Waals surface area contributed by atoms with Crippen molar-refractivity contribution in [1.29, 1.82) is 0 Å². The van der Waals surface area contributed by atoms with Crippen LogP contribution in [0.15, 0.2) is 29.2 Å². The average Bonchev–Trinajstić information content (AvgIpc) is 2.39. The maximum atomic E-state index is 12.0. The van der Waals surface area contributed by atoms with E-state index in [0.717, 1.165) is 32.1 Å². The van der Waals surface area contributed by atoms with Gasteiger partial charge < -0.3 is 4.74 Å². The zero-order valence-electron chi connectivity index (χ0n) is 10.4. The summed E-state index contributed by atoms with van der Waals surface area (Å²) in [7, 11) is -4.42. The van der Waals surface area contributed by atoms with Crippen LogP contribution in [0.3, 0.4) is 0 Å². The van der Waals surface area contributed by atoms with Crippen molar-refractivity contribution < 1.29 is 22.5 Å². The van der Waals surface area contributed by atoms with Crippen LogP contribution in [0.2, 0.25) is 0 Å². The fourth-order valence-electron chi connectivity index (χ4n) is 2.26. The van der Waals surface area contributed by atoms with E-state index < -0.39 is 21.0 Å². The molecule has 5 nitrogen and oxygen atoms in total. The van der Waals surface area contributed by atoms with E-state index in [1.807, 2.05) is 0 Å². The molecular weight excluding hydrogens is 268 g/mol. The van der Waals surface area contributed by atoms with Gasteiger partial charge in [-0.15, -0.1) is 0 Å². The van der Waals surface area contributed by atoms with Crippen molar-refractivity contribution in [2.75, 3.05) is 0 Å². The van der Waals surface area contributed by atoms with Crippen molar-refractivity contribution in [3.05, 3.63) is 29.8 Å². The van der Waals surface area contributed by atoms with Crippen LogP contribution in [0.5, 0.6) is 0 Å². The minimum absolute atomic E-state index is 0.115. The third kappa shape index (κ3) is 3.54. The van der Waals surface area contributed by atoms with Crippen LogP contribution < -0.4 is 0 Å². The molecule has 19 heavy (non-hydrogen) atoms. The fraction of sp³-hybridized carbons (Fsp3) is 0.462. The minimum atomic E-state index is -4.42. The zero-order chi connectivity index (χ0) is 13.9. The molecule has 6 heteroatoms. The van der Waals surface area contributed by atoms with Crippen molar-refractivity contribution in [1.82, 2.24) is 0 Å². The molecule has 0 aliphatic heterocycles. The molecule has 0 unspecified atom stereocenters. The number of carbonyl (C=O) groups excluding carboxylic acids is 1. The van der Waals surface area contributed by atoms with Crippen LogP contribution >= 0.6 is 0 Å². The highest BCUT2D eigenvalue weighted by atomic mass is 32.2. The highest BCUT2D eigenvalue weighted by Crippen LogP contribution is 2.23. The van der Waals surface area contributed by atoms with Crippen LogP contribution in [0.4, 0.5) is 0 Å². The van der Waals surface area contributed by atoms with Gasteiger partial charge in [0.2, 0.25) is 0 Å². The van der Waals surface area contributed by atoms with Crippen molar-refractivity contribution >= 4 is 16.1 Å². The molecule has 2 rings (SSSR count). The maximum Gasteiger partial charge on any atom is 0.339 e. The second-order valence-electron chi connectivity index (χ2n) is 4.64. The lowest BCUT2D eigenvalue weighted by Crippen LogP contribution is -2.22. The number of carbonyl (C=O) groups is 1. The van der Waals surface area contributed by atoms with Crippen LogP contribution in [0.1, 0.15) is 42.5 Å². The van der Waals surface area contributed by atoms with E-state index >= 15 is 0 Å². The van der Waals surface area contributed by atoms with Gasteiger partial charge in [-0.2, -0.15) is 8.42 Å². The largest absolute Gasteiger partial charge is 0.459 e. The van der Waals surface area contributed by atoms with Gasteiger partial charge >= 0.3 is 5.97 Å². The van der Waals surface area contributed by atoms with E-state index in [1.165, 1.54) is 24.3 Å². The quantitative estimate of drug-likeness (QED) is 0.681. The van der Waals surface area contributed by atoms with Crippen molar-refractivity contribution in [3.8, 4) is 0 Å². The summed E-state index contributed by atoms with van der Waals surface area (Å²) in [5.41, 5.74) is -0.115. The van der Waals surface area contributed by atoms with E-state index in [9.17, 15) is 13.2 Å². The maximum absolute atomic E-state index is 12.0. The van der Waals surface area contributed by atoms with Crippen LogP contribution in [-0.2, 0) is 14.9 Å². The SMILES string of the molecule is O=C(OC1CCCCC1)c1ccccc1S(=O)(=O)O. The monoisotopic (exact) mass is 284 g/mol. The predicted molar refractivity (Wildman–Crippen MR) is 68.5 cm³/mol. The second-order valence-corrected chi connectivity index (χ2v) is 6.03. The number of ether oxygens (including phenoxy) is 1. The molecule has 0 saturated heterocycles. The molecule has 0 atom stereocenters. The van der Waals surface area contributed by atoms with E-state index in [4.69, 9.17) is 9.29 Å². The van der Waals surface area contributed by atoms with Crippen LogP contribution in [-0.4, -0.2) is 25.0 Å². The van der Waals surface area contributed by atoms with Gasteiger partial charge in [-0.3, -0.25) is 4.55 Å². The normalized spacial score (nSPS) is 17.1. The van der Waals surface area contributed by atoms with Gasteiger partial charge in [0.05, 0.1) is 5.56 Å². The van der Waals surface area contributed by atoms with E-state index in [-0.39, 0.29) is 11.7 Å². The molecule has 1 aromatic carbocycles. The first-order chi connectivity index (χ1) is 8.98. The smallest absolute Gasteiger partial charge is 0.339 e.